The lowest BCUT2D eigenvalue weighted by Gasteiger charge is -2.16. The van der Waals surface area contributed by atoms with Crippen LogP contribution in [-0.4, -0.2) is 40.1 Å². The van der Waals surface area contributed by atoms with Crippen molar-refractivity contribution < 1.29 is 9.90 Å². The highest BCUT2D eigenvalue weighted by atomic mass is 79.9. The number of halogens is 1. The van der Waals surface area contributed by atoms with Gasteiger partial charge in [0.2, 0.25) is 0 Å². The van der Waals surface area contributed by atoms with Crippen LogP contribution in [0.25, 0.3) is 10.9 Å². The number of hydrogen-bond donors (Lipinski definition) is 2. The van der Waals surface area contributed by atoms with Gasteiger partial charge < -0.3 is 15.0 Å². The predicted octanol–water partition coefficient (Wildman–Crippen LogP) is 2.77. The molecule has 20 heavy (non-hydrogen) atoms. The van der Waals surface area contributed by atoms with Gasteiger partial charge in [0.15, 0.2) is 0 Å². The van der Waals surface area contributed by atoms with Crippen molar-refractivity contribution in [2.45, 2.75) is 19.4 Å². The largest absolute Gasteiger partial charge is 0.393 e. The van der Waals surface area contributed by atoms with E-state index in [9.17, 15) is 9.90 Å². The maximum absolute atomic E-state index is 12.5. The molecule has 0 aliphatic carbocycles. The Kier molecular flexibility index (Phi) is 3.56. The Hall–Kier alpha value is -1.33. The van der Waals surface area contributed by atoms with Crippen molar-refractivity contribution in [3.63, 3.8) is 0 Å². The quantitative estimate of drug-likeness (QED) is 0.885. The van der Waals surface area contributed by atoms with Gasteiger partial charge in [-0.3, -0.25) is 4.79 Å². The van der Waals surface area contributed by atoms with Crippen LogP contribution in [0.5, 0.6) is 0 Å². The summed E-state index contributed by atoms with van der Waals surface area (Å²) in [5.41, 5.74) is 1.57. The van der Waals surface area contributed by atoms with Crippen LogP contribution in [0, 0.1) is 5.92 Å². The van der Waals surface area contributed by atoms with E-state index in [0.29, 0.717) is 18.8 Å². The van der Waals surface area contributed by atoms with Gasteiger partial charge in [0, 0.05) is 34.4 Å². The van der Waals surface area contributed by atoms with Gasteiger partial charge in [0.1, 0.15) is 5.69 Å². The van der Waals surface area contributed by atoms with Gasteiger partial charge in [-0.05, 0) is 31.5 Å². The van der Waals surface area contributed by atoms with Crippen LogP contribution in [0.2, 0.25) is 0 Å². The molecular weight excluding hydrogens is 320 g/mol. The van der Waals surface area contributed by atoms with E-state index in [0.717, 1.165) is 21.8 Å². The van der Waals surface area contributed by atoms with Crippen LogP contribution in [0.4, 0.5) is 0 Å². The molecule has 106 valence electrons. The Morgan fingerprint density at radius 3 is 3.00 bits per heavy atom. The molecular formula is C15H17BrN2O2. The summed E-state index contributed by atoms with van der Waals surface area (Å²) in [6.07, 6.45) is 0.515. The van der Waals surface area contributed by atoms with E-state index in [1.165, 1.54) is 0 Å². The minimum Gasteiger partial charge on any atom is -0.393 e. The third-order valence-corrected chi connectivity index (χ3v) is 4.50. The smallest absolute Gasteiger partial charge is 0.270 e. The molecule has 0 spiro atoms. The van der Waals surface area contributed by atoms with Crippen molar-refractivity contribution >= 4 is 32.7 Å². The Labute approximate surface area is 125 Å². The first-order valence-electron chi connectivity index (χ1n) is 6.80. The minimum absolute atomic E-state index is 0.0143. The summed E-state index contributed by atoms with van der Waals surface area (Å²) in [7, 11) is 0. The second-order valence-corrected chi connectivity index (χ2v) is 6.37. The fourth-order valence-electron chi connectivity index (χ4n) is 2.75. The van der Waals surface area contributed by atoms with Gasteiger partial charge in [-0.25, -0.2) is 0 Å². The third kappa shape index (κ3) is 2.47. The molecule has 4 nitrogen and oxygen atoms in total. The molecule has 2 heterocycles. The van der Waals surface area contributed by atoms with E-state index in [1.807, 2.05) is 29.2 Å². The highest BCUT2D eigenvalue weighted by molar-refractivity contribution is 9.10. The van der Waals surface area contributed by atoms with Crippen LogP contribution < -0.4 is 0 Å². The van der Waals surface area contributed by atoms with E-state index in [4.69, 9.17) is 0 Å². The zero-order valence-electron chi connectivity index (χ0n) is 11.3. The topological polar surface area (TPSA) is 56.3 Å². The zero-order valence-corrected chi connectivity index (χ0v) is 12.9. The number of aliphatic hydroxyl groups excluding tert-OH is 1. The number of aromatic nitrogens is 1. The average Bonchev–Trinajstić information content (AvgIpc) is 3.03. The van der Waals surface area contributed by atoms with Crippen LogP contribution in [0.3, 0.4) is 0 Å². The second kappa shape index (κ2) is 5.22. The lowest BCUT2D eigenvalue weighted by atomic mass is 10.0. The number of carbonyl (C=O) groups is 1. The summed E-state index contributed by atoms with van der Waals surface area (Å²) in [5.74, 6) is 0.206. The molecule has 5 heteroatoms. The Morgan fingerprint density at radius 2 is 2.30 bits per heavy atom. The Bertz CT molecular complexity index is 650. The first-order chi connectivity index (χ1) is 9.54. The fraction of sp³-hybridized carbons (Fsp3) is 0.400. The lowest BCUT2D eigenvalue weighted by Crippen LogP contribution is -2.30. The molecule has 1 fully saturated rings. The lowest BCUT2D eigenvalue weighted by molar-refractivity contribution is 0.0757. The molecule has 0 bridgehead atoms. The van der Waals surface area contributed by atoms with Crippen molar-refractivity contribution in [1.29, 1.82) is 0 Å². The Morgan fingerprint density at radius 1 is 1.50 bits per heavy atom. The minimum atomic E-state index is -0.355. The standard InChI is InChI=1S/C15H17BrN2O2/c1-9(19)11-4-5-18(8-11)15(20)14-6-10-2-3-12(16)7-13(10)17-14/h2-3,6-7,9,11,17,19H,4-5,8H2,1H3. The molecule has 2 aromatic rings. The number of hydrogen-bond acceptors (Lipinski definition) is 2. The van der Waals surface area contributed by atoms with E-state index >= 15 is 0 Å². The number of benzene rings is 1. The number of nitrogens with one attached hydrogen (secondary N) is 1. The van der Waals surface area contributed by atoms with Gasteiger partial charge in [-0.15, -0.1) is 0 Å². The van der Waals surface area contributed by atoms with Crippen LogP contribution in [-0.2, 0) is 0 Å². The molecule has 1 aromatic carbocycles. The van der Waals surface area contributed by atoms with Gasteiger partial charge in [-0.1, -0.05) is 22.0 Å². The number of carbonyl (C=O) groups excluding carboxylic acids is 1. The van der Waals surface area contributed by atoms with Gasteiger partial charge >= 0.3 is 0 Å². The normalized spacial score (nSPS) is 20.6. The number of fused-ring (bicyclic) bond motifs is 1. The summed E-state index contributed by atoms with van der Waals surface area (Å²) in [4.78, 5) is 17.5. The predicted molar refractivity (Wildman–Crippen MR) is 81.7 cm³/mol. The molecule has 2 unspecified atom stereocenters. The first-order valence-corrected chi connectivity index (χ1v) is 7.59. The summed E-state index contributed by atoms with van der Waals surface area (Å²) >= 11 is 3.43. The SMILES string of the molecule is CC(O)C1CCN(C(=O)c2cc3ccc(Br)cc3[nH]2)C1. The van der Waals surface area contributed by atoms with Crippen LogP contribution in [0.15, 0.2) is 28.7 Å². The summed E-state index contributed by atoms with van der Waals surface area (Å²) < 4.78 is 0.987. The monoisotopic (exact) mass is 336 g/mol. The summed E-state index contributed by atoms with van der Waals surface area (Å²) in [5, 5.41) is 10.6. The number of aliphatic hydroxyl groups is 1. The van der Waals surface area contributed by atoms with E-state index < -0.39 is 0 Å². The number of nitrogens with zero attached hydrogens (tertiary/aromatic N) is 1. The molecule has 1 amide bonds. The summed E-state index contributed by atoms with van der Waals surface area (Å²) in [6, 6.07) is 7.80. The average molecular weight is 337 g/mol. The maximum Gasteiger partial charge on any atom is 0.270 e. The second-order valence-electron chi connectivity index (χ2n) is 5.46. The van der Waals surface area contributed by atoms with Crippen molar-refractivity contribution in [2.24, 2.45) is 5.92 Å². The molecule has 0 saturated carbocycles. The number of rotatable bonds is 2. The fourth-order valence-corrected chi connectivity index (χ4v) is 3.11. The molecule has 2 atom stereocenters. The van der Waals surface area contributed by atoms with E-state index in [-0.39, 0.29) is 17.9 Å². The van der Waals surface area contributed by atoms with Gasteiger partial charge in [0.25, 0.3) is 5.91 Å². The molecule has 0 radical (unpaired) electrons. The van der Waals surface area contributed by atoms with Crippen LogP contribution >= 0.6 is 15.9 Å². The summed E-state index contributed by atoms with van der Waals surface area (Å²) in [6.45, 7) is 3.14. The molecule has 1 aliphatic rings. The number of aromatic amines is 1. The van der Waals surface area contributed by atoms with Crippen LogP contribution in [0.1, 0.15) is 23.8 Å². The third-order valence-electron chi connectivity index (χ3n) is 4.01. The first kappa shape index (κ1) is 13.6. The number of H-pyrrole nitrogens is 1. The molecule has 3 rings (SSSR count). The molecule has 1 saturated heterocycles. The molecule has 2 N–H and O–H groups in total. The zero-order chi connectivity index (χ0) is 14.3. The Balaban J connectivity index is 1.82. The van der Waals surface area contributed by atoms with E-state index in [2.05, 4.69) is 20.9 Å². The van der Waals surface area contributed by atoms with Crippen molar-refractivity contribution in [2.75, 3.05) is 13.1 Å². The number of likely N-dealkylation sites (tertiary alicyclic amines) is 1. The van der Waals surface area contributed by atoms with Crippen molar-refractivity contribution in [3.05, 3.63) is 34.4 Å². The highest BCUT2D eigenvalue weighted by Gasteiger charge is 2.30. The maximum atomic E-state index is 12.5. The molecule has 1 aromatic heterocycles. The van der Waals surface area contributed by atoms with Crippen molar-refractivity contribution in [3.8, 4) is 0 Å². The number of amides is 1. The van der Waals surface area contributed by atoms with Gasteiger partial charge in [-0.2, -0.15) is 0 Å². The van der Waals surface area contributed by atoms with Gasteiger partial charge in [0.05, 0.1) is 6.10 Å². The molecule has 1 aliphatic heterocycles. The van der Waals surface area contributed by atoms with Crippen molar-refractivity contribution in [1.82, 2.24) is 9.88 Å². The highest BCUT2D eigenvalue weighted by Crippen LogP contribution is 2.24. The van der Waals surface area contributed by atoms with E-state index in [1.54, 1.807) is 6.92 Å².